The first-order chi connectivity index (χ1) is 16.0. The number of benzene rings is 2. The summed E-state index contributed by atoms with van der Waals surface area (Å²) in [5.74, 6) is 0.210. The molecule has 1 fully saturated rings. The molecule has 1 atom stereocenters. The molecule has 1 aliphatic heterocycles. The van der Waals surface area contributed by atoms with Gasteiger partial charge < -0.3 is 20.1 Å². The Bertz CT molecular complexity index is 867. The van der Waals surface area contributed by atoms with E-state index in [0.717, 1.165) is 36.4 Å². The number of rotatable bonds is 12. The van der Waals surface area contributed by atoms with Gasteiger partial charge in [-0.2, -0.15) is 0 Å². The van der Waals surface area contributed by atoms with Crippen LogP contribution in [0.2, 0.25) is 0 Å². The van der Waals surface area contributed by atoms with Gasteiger partial charge in [-0.05, 0) is 36.1 Å². The van der Waals surface area contributed by atoms with Crippen LogP contribution in [0.25, 0.3) is 0 Å². The van der Waals surface area contributed by atoms with Gasteiger partial charge >= 0.3 is 0 Å². The van der Waals surface area contributed by atoms with Crippen molar-refractivity contribution in [3.63, 3.8) is 0 Å². The van der Waals surface area contributed by atoms with Gasteiger partial charge in [0.2, 0.25) is 11.8 Å². The maximum atomic E-state index is 12.9. The van der Waals surface area contributed by atoms with E-state index in [1.807, 2.05) is 59.5 Å². The Morgan fingerprint density at radius 1 is 1.06 bits per heavy atom. The molecule has 0 aromatic heterocycles. The van der Waals surface area contributed by atoms with Crippen molar-refractivity contribution in [2.24, 2.45) is 11.7 Å². The van der Waals surface area contributed by atoms with Crippen LogP contribution >= 0.6 is 0 Å². The normalized spacial score (nSPS) is 15.1. The van der Waals surface area contributed by atoms with Crippen LogP contribution in [0, 0.1) is 5.92 Å². The highest BCUT2D eigenvalue weighted by Gasteiger charge is 2.20. The summed E-state index contributed by atoms with van der Waals surface area (Å²) in [5, 5.41) is 0. The maximum absolute atomic E-state index is 12.9. The molecule has 0 bridgehead atoms. The van der Waals surface area contributed by atoms with Crippen LogP contribution in [0.5, 0.6) is 5.75 Å². The van der Waals surface area contributed by atoms with Crippen molar-refractivity contribution in [3.8, 4) is 5.75 Å². The number of amides is 2. The van der Waals surface area contributed by atoms with Crippen LogP contribution < -0.4 is 10.5 Å². The monoisotopic (exact) mass is 453 g/mol. The second kappa shape index (κ2) is 13.0. The molecule has 1 saturated heterocycles. The third kappa shape index (κ3) is 8.51. The molecule has 3 rings (SSSR count). The highest BCUT2D eigenvalue weighted by Crippen LogP contribution is 2.16. The number of hydrogen-bond donors (Lipinski definition) is 1. The van der Waals surface area contributed by atoms with Gasteiger partial charge in [-0.25, -0.2) is 0 Å². The van der Waals surface area contributed by atoms with Crippen molar-refractivity contribution in [1.82, 2.24) is 9.80 Å². The topological polar surface area (TPSA) is 85.1 Å². The van der Waals surface area contributed by atoms with Gasteiger partial charge in [0.05, 0.1) is 19.9 Å². The fourth-order valence-electron chi connectivity index (χ4n) is 3.66. The van der Waals surface area contributed by atoms with Crippen molar-refractivity contribution < 1.29 is 19.1 Å². The molecule has 2 aromatic rings. The lowest BCUT2D eigenvalue weighted by molar-refractivity contribution is -0.134. The molecule has 0 radical (unpaired) electrons. The standard InChI is InChI=1S/C26H35N3O4/c1-21(26(27)31)7-12-25(30)29(20-28-15-17-32-18-16-28)14-13-22-8-10-24(11-9-22)33-19-23-5-3-2-4-6-23/h2-6,8-11,21H,7,12-20H2,1H3,(H2,27,31). The van der Waals surface area contributed by atoms with E-state index in [2.05, 4.69) is 4.90 Å². The summed E-state index contributed by atoms with van der Waals surface area (Å²) in [4.78, 5) is 28.4. The summed E-state index contributed by atoms with van der Waals surface area (Å²) >= 11 is 0. The van der Waals surface area contributed by atoms with E-state index in [-0.39, 0.29) is 17.7 Å². The summed E-state index contributed by atoms with van der Waals surface area (Å²) < 4.78 is 11.3. The summed E-state index contributed by atoms with van der Waals surface area (Å²) in [7, 11) is 0. The average molecular weight is 454 g/mol. The Balaban J connectivity index is 1.53. The second-order valence-electron chi connectivity index (χ2n) is 8.54. The molecule has 2 amide bonds. The Morgan fingerprint density at radius 2 is 1.76 bits per heavy atom. The Labute approximate surface area is 196 Å². The molecule has 178 valence electrons. The number of nitrogens with zero attached hydrogens (tertiary/aromatic N) is 2. The third-order valence-corrected chi connectivity index (χ3v) is 5.95. The predicted molar refractivity (Wildman–Crippen MR) is 127 cm³/mol. The Morgan fingerprint density at radius 3 is 2.42 bits per heavy atom. The van der Waals surface area contributed by atoms with Crippen LogP contribution in [0.3, 0.4) is 0 Å². The van der Waals surface area contributed by atoms with Crippen molar-refractivity contribution in [1.29, 1.82) is 0 Å². The maximum Gasteiger partial charge on any atom is 0.223 e. The Hall–Kier alpha value is -2.90. The fourth-order valence-corrected chi connectivity index (χ4v) is 3.66. The van der Waals surface area contributed by atoms with E-state index in [4.69, 9.17) is 15.2 Å². The zero-order chi connectivity index (χ0) is 23.5. The molecule has 7 nitrogen and oxygen atoms in total. The highest BCUT2D eigenvalue weighted by atomic mass is 16.5. The van der Waals surface area contributed by atoms with Gasteiger partial charge in [0.1, 0.15) is 12.4 Å². The van der Waals surface area contributed by atoms with Gasteiger partial charge in [0.15, 0.2) is 0 Å². The van der Waals surface area contributed by atoms with Gasteiger partial charge in [-0.15, -0.1) is 0 Å². The first-order valence-electron chi connectivity index (χ1n) is 11.6. The number of hydrogen-bond acceptors (Lipinski definition) is 5. The summed E-state index contributed by atoms with van der Waals surface area (Å²) in [6, 6.07) is 18.1. The lowest BCUT2D eigenvalue weighted by Crippen LogP contribution is -2.46. The number of carbonyl (C=O) groups is 2. The van der Waals surface area contributed by atoms with E-state index in [1.165, 1.54) is 0 Å². The number of morpholine rings is 1. The first-order valence-corrected chi connectivity index (χ1v) is 11.6. The fraction of sp³-hybridized carbons (Fsp3) is 0.462. The summed E-state index contributed by atoms with van der Waals surface area (Å²) in [5.41, 5.74) is 7.63. The molecule has 33 heavy (non-hydrogen) atoms. The van der Waals surface area contributed by atoms with Crippen molar-refractivity contribution in [2.45, 2.75) is 32.8 Å². The van der Waals surface area contributed by atoms with E-state index >= 15 is 0 Å². The highest BCUT2D eigenvalue weighted by molar-refractivity contribution is 5.79. The van der Waals surface area contributed by atoms with Crippen molar-refractivity contribution >= 4 is 11.8 Å². The number of nitrogens with two attached hydrogens (primary N) is 1. The smallest absolute Gasteiger partial charge is 0.223 e. The van der Waals surface area contributed by atoms with E-state index < -0.39 is 0 Å². The molecule has 1 unspecified atom stereocenters. The lowest BCUT2D eigenvalue weighted by Gasteiger charge is -2.33. The van der Waals surface area contributed by atoms with Gasteiger partial charge in [0, 0.05) is 32.0 Å². The van der Waals surface area contributed by atoms with Gasteiger partial charge in [0.25, 0.3) is 0 Å². The quantitative estimate of drug-likeness (QED) is 0.534. The van der Waals surface area contributed by atoms with Crippen LogP contribution in [0.1, 0.15) is 30.9 Å². The molecule has 1 heterocycles. The van der Waals surface area contributed by atoms with Gasteiger partial charge in [-0.1, -0.05) is 49.4 Å². The second-order valence-corrected chi connectivity index (χ2v) is 8.54. The average Bonchev–Trinajstić information content (AvgIpc) is 2.85. The van der Waals surface area contributed by atoms with Crippen molar-refractivity contribution in [3.05, 3.63) is 65.7 Å². The molecule has 0 spiro atoms. The summed E-state index contributed by atoms with van der Waals surface area (Å²) in [6.07, 6.45) is 1.54. The van der Waals surface area contributed by atoms with Crippen LogP contribution in [-0.2, 0) is 27.4 Å². The largest absolute Gasteiger partial charge is 0.489 e. The van der Waals surface area contributed by atoms with E-state index in [0.29, 0.717) is 45.9 Å². The van der Waals surface area contributed by atoms with Gasteiger partial charge in [-0.3, -0.25) is 14.5 Å². The van der Waals surface area contributed by atoms with Crippen LogP contribution in [0.4, 0.5) is 0 Å². The number of ether oxygens (including phenoxy) is 2. The van der Waals surface area contributed by atoms with Crippen LogP contribution in [0.15, 0.2) is 54.6 Å². The molecule has 2 N–H and O–H groups in total. The van der Waals surface area contributed by atoms with Crippen molar-refractivity contribution in [2.75, 3.05) is 39.5 Å². The van der Waals surface area contributed by atoms with E-state index in [9.17, 15) is 9.59 Å². The zero-order valence-electron chi connectivity index (χ0n) is 19.4. The third-order valence-electron chi connectivity index (χ3n) is 5.95. The molecule has 1 aliphatic rings. The van der Waals surface area contributed by atoms with Crippen LogP contribution in [-0.4, -0.2) is 61.1 Å². The number of primary amides is 1. The predicted octanol–water partition coefficient (Wildman–Crippen LogP) is 2.83. The molecule has 2 aromatic carbocycles. The molecular weight excluding hydrogens is 418 g/mol. The molecule has 7 heteroatoms. The van der Waals surface area contributed by atoms with E-state index in [1.54, 1.807) is 6.92 Å². The zero-order valence-corrected chi connectivity index (χ0v) is 19.4. The minimum absolute atomic E-state index is 0.0532. The minimum atomic E-state index is -0.364. The number of carbonyl (C=O) groups excluding carboxylic acids is 2. The minimum Gasteiger partial charge on any atom is -0.489 e. The molecule has 0 aliphatic carbocycles. The lowest BCUT2D eigenvalue weighted by atomic mass is 10.0. The SMILES string of the molecule is CC(CCC(=O)N(CCc1ccc(OCc2ccccc2)cc1)CN1CCOCC1)C(N)=O. The summed E-state index contributed by atoms with van der Waals surface area (Å²) in [6.45, 7) is 6.49. The molecule has 0 saturated carbocycles. The molecular formula is C26H35N3O4. The first kappa shape index (κ1) is 24.7. The Kier molecular flexibility index (Phi) is 9.72.